The molecule has 0 amide bonds. The largest absolute Gasteiger partial charge is 0.348 e. The number of anilines is 1. The minimum atomic E-state index is -2.56. The maximum Gasteiger partial charge on any atom is 0.265 e. The third-order valence-electron chi connectivity index (χ3n) is 4.94. The van der Waals surface area contributed by atoms with Crippen LogP contribution in [0, 0.1) is 0 Å². The van der Waals surface area contributed by atoms with E-state index in [-0.39, 0.29) is 11.6 Å². The van der Waals surface area contributed by atoms with Gasteiger partial charge in [-0.05, 0) is 30.3 Å². The molecule has 0 aliphatic carbocycles. The average Bonchev–Trinajstić information content (AvgIpc) is 3.34. The topological polar surface area (TPSA) is 62.1 Å². The van der Waals surface area contributed by atoms with Crippen LogP contribution in [0.5, 0.6) is 0 Å². The molecule has 8 heteroatoms. The fraction of sp³-hybridized carbons (Fsp3) is 0.211. The third kappa shape index (κ3) is 2.56. The number of fused-ring (bicyclic) bond motifs is 2. The van der Waals surface area contributed by atoms with Gasteiger partial charge < -0.3 is 9.88 Å². The van der Waals surface area contributed by atoms with Crippen molar-refractivity contribution >= 4 is 11.3 Å². The van der Waals surface area contributed by atoms with Crippen LogP contribution in [0.25, 0.3) is 5.52 Å². The highest BCUT2D eigenvalue weighted by atomic mass is 19.3. The Hall–Kier alpha value is -3.29. The van der Waals surface area contributed by atoms with Crippen molar-refractivity contribution in [2.24, 2.45) is 0 Å². The summed E-state index contributed by atoms with van der Waals surface area (Å²) in [7, 11) is 0. The van der Waals surface area contributed by atoms with Crippen molar-refractivity contribution < 1.29 is 8.78 Å². The Labute approximate surface area is 153 Å². The van der Waals surface area contributed by atoms with Crippen molar-refractivity contribution in [2.45, 2.75) is 18.9 Å². The molecule has 0 saturated heterocycles. The van der Waals surface area contributed by atoms with E-state index >= 15 is 0 Å². The highest BCUT2D eigenvalue weighted by Gasteiger charge is 2.34. The van der Waals surface area contributed by atoms with Crippen LogP contribution in [0.15, 0.2) is 55.1 Å². The number of alkyl halides is 2. The maximum absolute atomic E-state index is 13.4. The first-order valence-electron chi connectivity index (χ1n) is 8.68. The van der Waals surface area contributed by atoms with Crippen molar-refractivity contribution in [1.29, 1.82) is 0 Å². The van der Waals surface area contributed by atoms with E-state index in [1.165, 1.54) is 10.6 Å². The molecule has 6 nitrogen and oxygen atoms in total. The Kier molecular flexibility index (Phi) is 3.63. The number of hydrogen-bond acceptors (Lipinski definition) is 4. The quantitative estimate of drug-likeness (QED) is 0.602. The first kappa shape index (κ1) is 15.9. The normalized spacial score (nSPS) is 16.9. The van der Waals surface area contributed by atoms with Gasteiger partial charge in [-0.25, -0.2) is 23.3 Å². The van der Waals surface area contributed by atoms with E-state index in [4.69, 9.17) is 0 Å². The Morgan fingerprint density at radius 2 is 2.07 bits per heavy atom. The first-order chi connectivity index (χ1) is 13.2. The van der Waals surface area contributed by atoms with Crippen LogP contribution in [0.4, 0.5) is 14.6 Å². The molecule has 1 aliphatic heterocycles. The maximum atomic E-state index is 13.4. The predicted molar refractivity (Wildman–Crippen MR) is 95.9 cm³/mol. The second kappa shape index (κ2) is 6.15. The highest BCUT2D eigenvalue weighted by molar-refractivity contribution is 5.58. The van der Waals surface area contributed by atoms with E-state index < -0.39 is 6.43 Å². The van der Waals surface area contributed by atoms with Crippen LogP contribution in [0.3, 0.4) is 0 Å². The zero-order valence-corrected chi connectivity index (χ0v) is 14.3. The number of aromatic nitrogens is 5. The van der Waals surface area contributed by atoms with E-state index in [2.05, 4.69) is 25.0 Å². The van der Waals surface area contributed by atoms with Gasteiger partial charge in [-0.3, -0.25) is 0 Å². The second-order valence-electron chi connectivity index (χ2n) is 6.46. The fourth-order valence-corrected chi connectivity index (χ4v) is 3.72. The van der Waals surface area contributed by atoms with E-state index in [1.54, 1.807) is 30.9 Å². The number of aromatic amines is 1. The number of imidazole rings is 1. The van der Waals surface area contributed by atoms with Crippen molar-refractivity contribution in [3.63, 3.8) is 0 Å². The number of pyridine rings is 2. The summed E-state index contributed by atoms with van der Waals surface area (Å²) >= 11 is 0. The van der Waals surface area contributed by atoms with Crippen molar-refractivity contribution in [2.75, 3.05) is 11.4 Å². The predicted octanol–water partition coefficient (Wildman–Crippen LogP) is 3.54. The van der Waals surface area contributed by atoms with Gasteiger partial charge in [-0.2, -0.15) is 5.10 Å². The van der Waals surface area contributed by atoms with Crippen molar-refractivity contribution in [3.8, 4) is 0 Å². The molecule has 136 valence electrons. The molecule has 0 fully saturated rings. The van der Waals surface area contributed by atoms with Gasteiger partial charge in [0, 0.05) is 36.6 Å². The van der Waals surface area contributed by atoms with Gasteiger partial charge in [0.1, 0.15) is 11.9 Å². The number of H-pyrrole nitrogens is 1. The lowest BCUT2D eigenvalue weighted by Crippen LogP contribution is -2.37. The molecule has 0 saturated carbocycles. The van der Waals surface area contributed by atoms with E-state index in [0.717, 1.165) is 30.2 Å². The van der Waals surface area contributed by atoms with Gasteiger partial charge in [-0.1, -0.05) is 6.07 Å². The first-order valence-corrected chi connectivity index (χ1v) is 8.68. The molecule has 1 aliphatic rings. The van der Waals surface area contributed by atoms with Crippen LogP contribution >= 0.6 is 0 Å². The summed E-state index contributed by atoms with van der Waals surface area (Å²) in [4.78, 5) is 14.3. The van der Waals surface area contributed by atoms with E-state index in [0.29, 0.717) is 11.2 Å². The van der Waals surface area contributed by atoms with Gasteiger partial charge in [0.05, 0.1) is 23.2 Å². The number of nitrogens with one attached hydrogen (secondary N) is 1. The van der Waals surface area contributed by atoms with E-state index in [9.17, 15) is 8.78 Å². The summed E-state index contributed by atoms with van der Waals surface area (Å²) in [6.07, 6.45) is 3.34. The Morgan fingerprint density at radius 1 is 1.15 bits per heavy atom. The lowest BCUT2D eigenvalue weighted by Gasteiger charge is -2.34. The fourth-order valence-electron chi connectivity index (χ4n) is 3.72. The minimum Gasteiger partial charge on any atom is -0.348 e. The Bertz CT molecular complexity index is 1090. The van der Waals surface area contributed by atoms with E-state index in [1.807, 2.05) is 18.2 Å². The van der Waals surface area contributed by atoms with Crippen molar-refractivity contribution in [3.05, 3.63) is 77.8 Å². The Balaban J connectivity index is 1.68. The number of halogens is 2. The molecule has 5 rings (SSSR count). The zero-order valence-electron chi connectivity index (χ0n) is 14.3. The monoisotopic (exact) mass is 366 g/mol. The smallest absolute Gasteiger partial charge is 0.265 e. The number of hydrogen-bond donors (Lipinski definition) is 1. The lowest BCUT2D eigenvalue weighted by molar-refractivity contribution is 0.152. The number of nitrogens with zero attached hydrogens (tertiary/aromatic N) is 5. The van der Waals surface area contributed by atoms with Gasteiger partial charge >= 0.3 is 0 Å². The SMILES string of the molecule is FC(F)c1cccn2nc([C@H]3c4nc[nH]c4CCN3c3ccccn3)cc12. The van der Waals surface area contributed by atoms with Gasteiger partial charge in [0.25, 0.3) is 6.43 Å². The summed E-state index contributed by atoms with van der Waals surface area (Å²) in [5.41, 5.74) is 2.94. The van der Waals surface area contributed by atoms with Crippen LogP contribution in [0.2, 0.25) is 0 Å². The van der Waals surface area contributed by atoms with Crippen LogP contribution in [-0.4, -0.2) is 31.1 Å². The van der Waals surface area contributed by atoms with Gasteiger partial charge in [0.15, 0.2) is 0 Å². The molecule has 4 aromatic rings. The molecule has 0 spiro atoms. The highest BCUT2D eigenvalue weighted by Crippen LogP contribution is 2.36. The molecular weight excluding hydrogens is 350 g/mol. The molecule has 0 bridgehead atoms. The molecular formula is C19H16F2N6. The van der Waals surface area contributed by atoms with Crippen LogP contribution < -0.4 is 4.90 Å². The van der Waals surface area contributed by atoms with Gasteiger partial charge in [0.2, 0.25) is 0 Å². The molecule has 0 radical (unpaired) electrons. The number of rotatable bonds is 3. The molecule has 4 aromatic heterocycles. The summed E-state index contributed by atoms with van der Waals surface area (Å²) in [5.74, 6) is 0.808. The summed E-state index contributed by atoms with van der Waals surface area (Å²) in [6.45, 7) is 0.729. The second-order valence-corrected chi connectivity index (χ2v) is 6.46. The molecule has 0 aromatic carbocycles. The molecule has 1 N–H and O–H groups in total. The third-order valence-corrected chi connectivity index (χ3v) is 4.94. The summed E-state index contributed by atoms with van der Waals surface area (Å²) in [5, 5.41) is 4.59. The standard InChI is InChI=1S/C19H16F2N6/c20-19(21)12-4-3-8-27-15(12)10-14(25-27)18-17-13(23-11-24-17)6-9-26(18)16-5-1-2-7-22-16/h1-5,7-8,10-11,18-19H,6,9H2,(H,23,24)/t18-/m0/s1. The summed E-state index contributed by atoms with van der Waals surface area (Å²) < 4.78 is 28.3. The minimum absolute atomic E-state index is 0.0290. The molecule has 27 heavy (non-hydrogen) atoms. The van der Waals surface area contributed by atoms with Crippen molar-refractivity contribution in [1.82, 2.24) is 24.6 Å². The molecule has 1 atom stereocenters. The zero-order chi connectivity index (χ0) is 18.4. The van der Waals surface area contributed by atoms with Gasteiger partial charge in [-0.15, -0.1) is 0 Å². The summed E-state index contributed by atoms with van der Waals surface area (Å²) in [6, 6.07) is 10.2. The lowest BCUT2D eigenvalue weighted by atomic mass is 9.99. The molecule has 0 unspecified atom stereocenters. The average molecular weight is 366 g/mol. The van der Waals surface area contributed by atoms with Crippen LogP contribution in [-0.2, 0) is 6.42 Å². The molecule has 5 heterocycles. The Morgan fingerprint density at radius 3 is 2.89 bits per heavy atom. The van der Waals surface area contributed by atoms with Crippen LogP contribution in [0.1, 0.15) is 35.1 Å².